The summed E-state index contributed by atoms with van der Waals surface area (Å²) in [5.74, 6) is -4.57. The van der Waals surface area contributed by atoms with Crippen molar-refractivity contribution in [2.24, 2.45) is 0 Å². The first-order valence-corrected chi connectivity index (χ1v) is 7.48. The number of benzene rings is 2. The molecule has 8 heteroatoms. The van der Waals surface area contributed by atoms with Crippen molar-refractivity contribution >= 4 is 17.9 Å². The summed E-state index contributed by atoms with van der Waals surface area (Å²) in [6.45, 7) is 0. The Labute approximate surface area is 153 Å². The zero-order valence-corrected chi connectivity index (χ0v) is 13.7. The van der Waals surface area contributed by atoms with E-state index in [0.29, 0.717) is 0 Å². The van der Waals surface area contributed by atoms with Gasteiger partial charge in [-0.25, -0.2) is 0 Å². The quantitative estimate of drug-likeness (QED) is 0.183. The van der Waals surface area contributed by atoms with Gasteiger partial charge in [0.15, 0.2) is 40.3 Å². The SMILES string of the molecule is O=C(C=Cc1cc(O)c(O)c(O)c1)C=C(O)C=Cc1cc(O)c(O)c(O)c1. The van der Waals surface area contributed by atoms with Gasteiger partial charge in [0, 0.05) is 6.08 Å². The van der Waals surface area contributed by atoms with E-state index in [4.69, 9.17) is 0 Å². The fourth-order valence-electron chi connectivity index (χ4n) is 2.05. The molecule has 8 nitrogen and oxygen atoms in total. The topological polar surface area (TPSA) is 159 Å². The van der Waals surface area contributed by atoms with Crippen LogP contribution in [0.4, 0.5) is 0 Å². The van der Waals surface area contributed by atoms with E-state index in [-0.39, 0.29) is 11.1 Å². The van der Waals surface area contributed by atoms with Crippen LogP contribution in [0.5, 0.6) is 34.5 Å². The van der Waals surface area contributed by atoms with E-state index in [1.165, 1.54) is 12.2 Å². The molecule has 0 bridgehead atoms. The molecule has 0 radical (unpaired) electrons. The Hall–Kier alpha value is -4.07. The van der Waals surface area contributed by atoms with Gasteiger partial charge in [-0.1, -0.05) is 12.2 Å². The normalized spacial score (nSPS) is 12.1. The van der Waals surface area contributed by atoms with Crippen LogP contribution >= 0.6 is 0 Å². The lowest BCUT2D eigenvalue weighted by molar-refractivity contribution is -0.110. The zero-order valence-electron chi connectivity index (χ0n) is 13.7. The predicted octanol–water partition coefficient (Wildman–Crippen LogP) is 2.66. The van der Waals surface area contributed by atoms with Crippen LogP contribution in [0.25, 0.3) is 12.2 Å². The van der Waals surface area contributed by atoms with E-state index in [0.717, 1.165) is 42.5 Å². The average molecular weight is 372 g/mol. The van der Waals surface area contributed by atoms with Gasteiger partial charge in [-0.05, 0) is 47.5 Å². The van der Waals surface area contributed by atoms with Gasteiger partial charge in [0.2, 0.25) is 0 Å². The Morgan fingerprint density at radius 3 is 1.44 bits per heavy atom. The van der Waals surface area contributed by atoms with E-state index in [1.807, 2.05) is 0 Å². The number of carbonyl (C=O) groups excluding carboxylic acids is 1. The van der Waals surface area contributed by atoms with Gasteiger partial charge in [0.1, 0.15) is 5.76 Å². The summed E-state index contributed by atoms with van der Waals surface area (Å²) in [4.78, 5) is 11.8. The summed E-state index contributed by atoms with van der Waals surface area (Å²) in [5.41, 5.74) is 0.510. The van der Waals surface area contributed by atoms with Crippen LogP contribution in [0.15, 0.2) is 48.3 Å². The van der Waals surface area contributed by atoms with Crippen LogP contribution in [-0.4, -0.2) is 41.5 Å². The molecule has 0 aliphatic carbocycles. The molecule has 0 aliphatic heterocycles. The van der Waals surface area contributed by atoms with Crippen LogP contribution in [0.2, 0.25) is 0 Å². The maximum atomic E-state index is 11.8. The fourth-order valence-corrected chi connectivity index (χ4v) is 2.05. The van der Waals surface area contributed by atoms with Crippen LogP contribution in [-0.2, 0) is 4.79 Å². The summed E-state index contributed by atoms with van der Waals surface area (Å²) in [5, 5.41) is 65.8. The molecular formula is C19H16O8. The molecule has 0 saturated heterocycles. The highest BCUT2D eigenvalue weighted by Gasteiger charge is 2.07. The maximum absolute atomic E-state index is 11.8. The van der Waals surface area contributed by atoms with Crippen molar-refractivity contribution in [3.05, 3.63) is 59.4 Å². The van der Waals surface area contributed by atoms with E-state index in [2.05, 4.69) is 0 Å². The largest absolute Gasteiger partial charge is 0.508 e. The number of phenolic OH excluding ortho intramolecular Hbond substituents is 6. The first-order valence-electron chi connectivity index (χ1n) is 7.48. The van der Waals surface area contributed by atoms with Crippen LogP contribution < -0.4 is 0 Å². The van der Waals surface area contributed by atoms with Gasteiger partial charge in [0.25, 0.3) is 0 Å². The molecule has 0 spiro atoms. The van der Waals surface area contributed by atoms with Gasteiger partial charge >= 0.3 is 0 Å². The molecule has 0 aromatic heterocycles. The highest BCUT2D eigenvalue weighted by molar-refractivity contribution is 6.02. The number of ketones is 1. The molecule has 0 atom stereocenters. The number of aromatic hydroxyl groups is 6. The minimum Gasteiger partial charge on any atom is -0.508 e. The number of allylic oxidation sites excluding steroid dienone is 3. The second-order valence-corrected chi connectivity index (χ2v) is 5.45. The molecule has 27 heavy (non-hydrogen) atoms. The molecule has 7 N–H and O–H groups in total. The van der Waals surface area contributed by atoms with Crippen molar-refractivity contribution in [2.75, 3.05) is 0 Å². The van der Waals surface area contributed by atoms with Crippen LogP contribution in [0.3, 0.4) is 0 Å². The van der Waals surface area contributed by atoms with Gasteiger partial charge in [-0.3, -0.25) is 4.79 Å². The van der Waals surface area contributed by atoms with Gasteiger partial charge in [0.05, 0.1) is 0 Å². The molecule has 0 heterocycles. The third-order valence-corrected chi connectivity index (χ3v) is 3.36. The number of hydrogen-bond donors (Lipinski definition) is 7. The third kappa shape index (κ3) is 4.95. The van der Waals surface area contributed by atoms with Crippen molar-refractivity contribution in [3.8, 4) is 34.5 Å². The van der Waals surface area contributed by atoms with Crippen molar-refractivity contribution < 1.29 is 40.5 Å². The number of hydrogen-bond acceptors (Lipinski definition) is 8. The smallest absolute Gasteiger partial charge is 0.200 e. The summed E-state index contributed by atoms with van der Waals surface area (Å²) < 4.78 is 0. The minimum atomic E-state index is -0.674. The standard InChI is InChI=1S/C19H16O8/c20-12(3-1-10-5-14(22)18(26)15(23)6-10)9-13(21)4-2-11-7-16(24)19(27)17(25)8-11/h1-9,20,22-27H. The zero-order chi connectivity index (χ0) is 20.1. The number of phenols is 6. The summed E-state index contributed by atoms with van der Waals surface area (Å²) in [6, 6.07) is 4.55. The fraction of sp³-hybridized carbons (Fsp3) is 0. The highest BCUT2D eigenvalue weighted by atomic mass is 16.3. The van der Waals surface area contributed by atoms with E-state index in [9.17, 15) is 40.5 Å². The molecule has 0 saturated carbocycles. The Morgan fingerprint density at radius 1 is 0.667 bits per heavy atom. The Morgan fingerprint density at radius 2 is 1.04 bits per heavy atom. The lowest BCUT2D eigenvalue weighted by Crippen LogP contribution is -1.88. The second-order valence-electron chi connectivity index (χ2n) is 5.45. The van der Waals surface area contributed by atoms with Crippen molar-refractivity contribution in [1.29, 1.82) is 0 Å². The molecule has 0 fully saturated rings. The van der Waals surface area contributed by atoms with Gasteiger partial charge in [-0.15, -0.1) is 0 Å². The maximum Gasteiger partial charge on any atom is 0.200 e. The van der Waals surface area contributed by atoms with Crippen molar-refractivity contribution in [3.63, 3.8) is 0 Å². The van der Waals surface area contributed by atoms with Crippen LogP contribution in [0, 0.1) is 0 Å². The number of rotatable bonds is 5. The third-order valence-electron chi connectivity index (χ3n) is 3.36. The van der Waals surface area contributed by atoms with Gasteiger partial charge < -0.3 is 35.7 Å². The van der Waals surface area contributed by atoms with E-state index < -0.39 is 46.0 Å². The Balaban J connectivity index is 2.10. The van der Waals surface area contributed by atoms with Crippen LogP contribution in [0.1, 0.15) is 11.1 Å². The molecule has 140 valence electrons. The predicted molar refractivity (Wildman–Crippen MR) is 96.7 cm³/mol. The van der Waals surface area contributed by atoms with Crippen molar-refractivity contribution in [2.45, 2.75) is 0 Å². The van der Waals surface area contributed by atoms with E-state index >= 15 is 0 Å². The number of carbonyl (C=O) groups is 1. The molecule has 2 aromatic rings. The molecule has 2 rings (SSSR count). The second kappa shape index (κ2) is 7.87. The molecule has 0 amide bonds. The first-order chi connectivity index (χ1) is 12.7. The van der Waals surface area contributed by atoms with Gasteiger partial charge in [-0.2, -0.15) is 0 Å². The first kappa shape index (κ1) is 19.3. The number of aliphatic hydroxyl groups excluding tert-OH is 1. The molecule has 0 unspecified atom stereocenters. The number of aliphatic hydroxyl groups is 1. The molecule has 0 aliphatic rings. The summed E-state index contributed by atoms with van der Waals surface area (Å²) in [7, 11) is 0. The lowest BCUT2D eigenvalue weighted by Gasteiger charge is -2.02. The van der Waals surface area contributed by atoms with E-state index in [1.54, 1.807) is 0 Å². The molecule has 2 aromatic carbocycles. The molecular weight excluding hydrogens is 356 g/mol. The summed E-state index contributed by atoms with van der Waals surface area (Å²) in [6.07, 6.45) is 5.62. The average Bonchev–Trinajstić information content (AvgIpc) is 2.60. The lowest BCUT2D eigenvalue weighted by atomic mass is 10.1. The summed E-state index contributed by atoms with van der Waals surface area (Å²) >= 11 is 0. The Kier molecular flexibility index (Phi) is 5.62. The monoisotopic (exact) mass is 372 g/mol. The highest BCUT2D eigenvalue weighted by Crippen LogP contribution is 2.36. The minimum absolute atomic E-state index is 0.245. The Bertz CT molecular complexity index is 924. The van der Waals surface area contributed by atoms with Crippen molar-refractivity contribution in [1.82, 2.24) is 0 Å².